The van der Waals surface area contributed by atoms with E-state index in [0.717, 1.165) is 51.4 Å². The second kappa shape index (κ2) is 12.1. The number of nitrogens with one attached hydrogen (secondary N) is 2. The number of urea groups is 1. The first-order valence-corrected chi connectivity index (χ1v) is 11.0. The van der Waals surface area contributed by atoms with Crippen LogP contribution in [0.1, 0.15) is 30.4 Å². The van der Waals surface area contributed by atoms with E-state index in [0.29, 0.717) is 19.4 Å². The minimum atomic E-state index is -0.529. The SMILES string of the molecule is NC(=O)NCCCCC(=O)Nc1ccc(CN2CCN(Cc3ccccc3)CC2)cc1. The number of hydrogen-bond donors (Lipinski definition) is 3. The summed E-state index contributed by atoms with van der Waals surface area (Å²) in [7, 11) is 0. The molecule has 1 aliphatic heterocycles. The Morgan fingerprint density at radius 1 is 0.806 bits per heavy atom. The van der Waals surface area contributed by atoms with Gasteiger partial charge >= 0.3 is 6.03 Å². The average Bonchev–Trinajstić information content (AvgIpc) is 2.77. The predicted octanol–water partition coefficient (Wildman–Crippen LogP) is 2.78. The van der Waals surface area contributed by atoms with E-state index in [1.54, 1.807) is 0 Å². The fourth-order valence-corrected chi connectivity index (χ4v) is 3.74. The van der Waals surface area contributed by atoms with Gasteiger partial charge in [0.05, 0.1) is 0 Å². The third-order valence-corrected chi connectivity index (χ3v) is 5.49. The van der Waals surface area contributed by atoms with Crippen LogP contribution < -0.4 is 16.4 Å². The Kier molecular flexibility index (Phi) is 8.87. The largest absolute Gasteiger partial charge is 0.352 e. The van der Waals surface area contributed by atoms with Gasteiger partial charge in [-0.3, -0.25) is 14.6 Å². The molecule has 0 radical (unpaired) electrons. The summed E-state index contributed by atoms with van der Waals surface area (Å²) in [6.07, 6.45) is 1.86. The number of benzene rings is 2. The van der Waals surface area contributed by atoms with Crippen molar-refractivity contribution in [2.24, 2.45) is 5.73 Å². The Morgan fingerprint density at radius 3 is 1.97 bits per heavy atom. The van der Waals surface area contributed by atoms with Crippen LogP contribution in [0.2, 0.25) is 0 Å². The molecule has 0 unspecified atom stereocenters. The molecular weight excluding hydrogens is 390 g/mol. The summed E-state index contributed by atoms with van der Waals surface area (Å²) in [6, 6.07) is 18.2. The smallest absolute Gasteiger partial charge is 0.312 e. The van der Waals surface area contributed by atoms with E-state index in [1.165, 1.54) is 11.1 Å². The highest BCUT2D eigenvalue weighted by molar-refractivity contribution is 5.90. The number of rotatable bonds is 10. The number of primary amides is 1. The van der Waals surface area contributed by atoms with Crippen molar-refractivity contribution < 1.29 is 9.59 Å². The lowest BCUT2D eigenvalue weighted by atomic mass is 10.1. The van der Waals surface area contributed by atoms with Gasteiger partial charge in [0, 0.05) is 57.9 Å². The van der Waals surface area contributed by atoms with E-state index < -0.39 is 6.03 Å². The molecule has 2 aromatic rings. The van der Waals surface area contributed by atoms with Gasteiger partial charge in [-0.25, -0.2) is 4.79 Å². The van der Waals surface area contributed by atoms with Crippen LogP contribution in [-0.4, -0.2) is 54.5 Å². The van der Waals surface area contributed by atoms with Crippen LogP contribution in [-0.2, 0) is 17.9 Å². The first kappa shape index (κ1) is 22.8. The zero-order chi connectivity index (χ0) is 21.9. The number of amides is 3. The Labute approximate surface area is 184 Å². The monoisotopic (exact) mass is 423 g/mol. The minimum absolute atomic E-state index is 0.0126. The van der Waals surface area contributed by atoms with Crippen molar-refractivity contribution in [1.82, 2.24) is 15.1 Å². The van der Waals surface area contributed by atoms with Gasteiger partial charge in [0.2, 0.25) is 5.91 Å². The Morgan fingerprint density at radius 2 is 1.39 bits per heavy atom. The molecule has 2 aromatic carbocycles. The molecule has 1 saturated heterocycles. The van der Waals surface area contributed by atoms with Crippen molar-refractivity contribution in [3.05, 3.63) is 65.7 Å². The normalized spacial score (nSPS) is 14.8. The molecule has 7 heteroatoms. The maximum absolute atomic E-state index is 12.0. The van der Waals surface area contributed by atoms with Gasteiger partial charge in [0.1, 0.15) is 0 Å². The summed E-state index contributed by atoms with van der Waals surface area (Å²) in [5, 5.41) is 5.45. The number of piperazine rings is 1. The van der Waals surface area contributed by atoms with Crippen molar-refractivity contribution in [2.45, 2.75) is 32.4 Å². The lowest BCUT2D eigenvalue weighted by Crippen LogP contribution is -2.45. The maximum atomic E-state index is 12.0. The lowest BCUT2D eigenvalue weighted by molar-refractivity contribution is -0.116. The second-order valence-corrected chi connectivity index (χ2v) is 8.03. The van der Waals surface area contributed by atoms with E-state index in [2.05, 4.69) is 62.9 Å². The summed E-state index contributed by atoms with van der Waals surface area (Å²) in [5.41, 5.74) is 8.45. The predicted molar refractivity (Wildman–Crippen MR) is 124 cm³/mol. The number of unbranched alkanes of at least 4 members (excludes halogenated alkanes) is 1. The van der Waals surface area contributed by atoms with Gasteiger partial charge in [0.25, 0.3) is 0 Å². The zero-order valence-corrected chi connectivity index (χ0v) is 18.1. The summed E-state index contributed by atoms with van der Waals surface area (Å²) in [4.78, 5) is 27.6. The molecule has 0 spiro atoms. The molecule has 7 nitrogen and oxygen atoms in total. The minimum Gasteiger partial charge on any atom is -0.352 e. The fourth-order valence-electron chi connectivity index (χ4n) is 3.74. The average molecular weight is 424 g/mol. The van der Waals surface area contributed by atoms with Crippen LogP contribution >= 0.6 is 0 Å². The molecule has 0 aromatic heterocycles. The molecule has 31 heavy (non-hydrogen) atoms. The third kappa shape index (κ3) is 8.39. The molecule has 1 heterocycles. The number of nitrogens with two attached hydrogens (primary N) is 1. The van der Waals surface area contributed by atoms with Gasteiger partial charge in [-0.1, -0.05) is 42.5 Å². The number of nitrogens with zero attached hydrogens (tertiary/aromatic N) is 2. The van der Waals surface area contributed by atoms with Crippen LogP contribution in [0.4, 0.5) is 10.5 Å². The van der Waals surface area contributed by atoms with Gasteiger partial charge in [-0.15, -0.1) is 0 Å². The van der Waals surface area contributed by atoms with Crippen molar-refractivity contribution in [3.63, 3.8) is 0 Å². The van der Waals surface area contributed by atoms with Gasteiger partial charge in [-0.05, 0) is 36.1 Å². The van der Waals surface area contributed by atoms with Crippen molar-refractivity contribution in [3.8, 4) is 0 Å². The van der Waals surface area contributed by atoms with E-state index in [4.69, 9.17) is 5.73 Å². The quantitative estimate of drug-likeness (QED) is 0.513. The molecule has 3 rings (SSSR count). The Bertz CT molecular complexity index is 818. The van der Waals surface area contributed by atoms with Crippen LogP contribution in [0.25, 0.3) is 0 Å². The van der Waals surface area contributed by atoms with Crippen molar-refractivity contribution in [2.75, 3.05) is 38.0 Å². The number of anilines is 1. The van der Waals surface area contributed by atoms with Crippen LogP contribution in [0.15, 0.2) is 54.6 Å². The van der Waals surface area contributed by atoms with Crippen LogP contribution in [0, 0.1) is 0 Å². The molecule has 0 saturated carbocycles. The standard InChI is InChI=1S/C24H33N5O2/c25-24(31)26-13-5-4-8-23(30)27-22-11-9-21(10-12-22)19-29-16-14-28(15-17-29)18-20-6-2-1-3-7-20/h1-3,6-7,9-12H,4-5,8,13-19H2,(H,27,30)(H3,25,26,31). The highest BCUT2D eigenvalue weighted by Crippen LogP contribution is 2.14. The Hall–Kier alpha value is -2.90. The molecule has 1 aliphatic rings. The van der Waals surface area contributed by atoms with Gasteiger partial charge in [-0.2, -0.15) is 0 Å². The highest BCUT2D eigenvalue weighted by atomic mass is 16.2. The topological polar surface area (TPSA) is 90.7 Å². The Balaban J connectivity index is 1.34. The molecule has 0 atom stereocenters. The van der Waals surface area contributed by atoms with Crippen molar-refractivity contribution in [1.29, 1.82) is 0 Å². The molecule has 3 amide bonds. The van der Waals surface area contributed by atoms with E-state index >= 15 is 0 Å². The van der Waals surface area contributed by atoms with Crippen LogP contribution in [0.3, 0.4) is 0 Å². The maximum Gasteiger partial charge on any atom is 0.312 e. The molecule has 0 bridgehead atoms. The number of hydrogen-bond acceptors (Lipinski definition) is 4. The third-order valence-electron chi connectivity index (χ3n) is 5.49. The lowest BCUT2D eigenvalue weighted by Gasteiger charge is -2.34. The zero-order valence-electron chi connectivity index (χ0n) is 18.1. The summed E-state index contributed by atoms with van der Waals surface area (Å²) < 4.78 is 0. The molecule has 1 fully saturated rings. The second-order valence-electron chi connectivity index (χ2n) is 8.03. The molecule has 0 aliphatic carbocycles. The molecule has 4 N–H and O–H groups in total. The van der Waals surface area contributed by atoms with E-state index in [-0.39, 0.29) is 5.91 Å². The first-order chi connectivity index (χ1) is 15.1. The summed E-state index contributed by atoms with van der Waals surface area (Å²) in [5.74, 6) is -0.0126. The molecular formula is C24H33N5O2. The van der Waals surface area contributed by atoms with Crippen LogP contribution in [0.5, 0.6) is 0 Å². The fraction of sp³-hybridized carbons (Fsp3) is 0.417. The highest BCUT2D eigenvalue weighted by Gasteiger charge is 2.17. The number of carbonyl (C=O) groups excluding carboxylic acids is 2. The van der Waals surface area contributed by atoms with Gasteiger partial charge in [0.15, 0.2) is 0 Å². The summed E-state index contributed by atoms with van der Waals surface area (Å²) in [6.45, 7) is 6.74. The number of carbonyl (C=O) groups is 2. The summed E-state index contributed by atoms with van der Waals surface area (Å²) >= 11 is 0. The molecule has 166 valence electrons. The van der Waals surface area contributed by atoms with E-state index in [9.17, 15) is 9.59 Å². The van der Waals surface area contributed by atoms with Gasteiger partial charge < -0.3 is 16.4 Å². The first-order valence-electron chi connectivity index (χ1n) is 11.0. The van der Waals surface area contributed by atoms with Crippen molar-refractivity contribution >= 4 is 17.6 Å². The van der Waals surface area contributed by atoms with E-state index in [1.807, 2.05) is 12.1 Å².